The Kier molecular flexibility index (Phi) is 13.3. The summed E-state index contributed by atoms with van der Waals surface area (Å²) in [5.41, 5.74) is 0.968. The Hall–Kier alpha value is -2.64. The molecule has 43 heavy (non-hydrogen) atoms. The predicted octanol–water partition coefficient (Wildman–Crippen LogP) is 7.96. The second kappa shape index (κ2) is 16.4. The number of Topliss-reactive ketones (excluding diaryl/α,β-unsaturated/α-hetero) is 3. The van der Waals surface area contributed by atoms with Gasteiger partial charge in [-0.15, -0.1) is 0 Å². The zero-order valence-electron chi connectivity index (χ0n) is 26.9. The van der Waals surface area contributed by atoms with E-state index in [4.69, 9.17) is 9.16 Å². The molecule has 0 aromatic heterocycles. The van der Waals surface area contributed by atoms with Gasteiger partial charge >= 0.3 is 5.97 Å². The first-order chi connectivity index (χ1) is 20.4. The highest BCUT2D eigenvalue weighted by molar-refractivity contribution is 6.74. The lowest BCUT2D eigenvalue weighted by Crippen LogP contribution is -2.40. The Morgan fingerprint density at radius 2 is 1.56 bits per heavy atom. The first kappa shape index (κ1) is 34.8. The van der Waals surface area contributed by atoms with Crippen LogP contribution < -0.4 is 0 Å². The van der Waals surface area contributed by atoms with Crippen LogP contribution in [0.4, 0.5) is 0 Å². The minimum absolute atomic E-state index is 0.0382. The number of benzene rings is 1. The zero-order valence-corrected chi connectivity index (χ0v) is 27.9. The summed E-state index contributed by atoms with van der Waals surface area (Å²) in [7, 11) is -1.68. The molecule has 0 spiro atoms. The number of hydrogen-bond acceptors (Lipinski definition) is 6. The van der Waals surface area contributed by atoms with Gasteiger partial charge in [0.1, 0.15) is 6.61 Å². The highest BCUT2D eigenvalue weighted by Crippen LogP contribution is 2.48. The van der Waals surface area contributed by atoms with Crippen molar-refractivity contribution in [1.29, 1.82) is 0 Å². The molecule has 2 bridgehead atoms. The largest absolute Gasteiger partial charge is 0.461 e. The SMILES string of the molecule is CC(C)(C)[Si](C)(C)OCCCCCCC=C[C@@H]1[C@@H](CC=CCCCC(=O)OCc2ccccc2)[C@H]2C[C@H]1C(=O)C(=O)C2=O. The first-order valence-corrected chi connectivity index (χ1v) is 19.1. The number of ether oxygens (including phenoxy) is 1. The summed E-state index contributed by atoms with van der Waals surface area (Å²) in [4.78, 5) is 49.7. The Morgan fingerprint density at radius 3 is 2.28 bits per heavy atom. The van der Waals surface area contributed by atoms with Gasteiger partial charge in [-0.3, -0.25) is 19.2 Å². The minimum Gasteiger partial charge on any atom is -0.461 e. The molecule has 6 nitrogen and oxygen atoms in total. The van der Waals surface area contributed by atoms with Crippen molar-refractivity contribution in [3.8, 4) is 0 Å². The van der Waals surface area contributed by atoms with Crippen molar-refractivity contribution in [2.24, 2.45) is 23.7 Å². The maximum atomic E-state index is 12.7. The van der Waals surface area contributed by atoms with Crippen LogP contribution in [0.3, 0.4) is 0 Å². The van der Waals surface area contributed by atoms with Gasteiger partial charge in [-0.05, 0) is 80.5 Å². The highest BCUT2D eigenvalue weighted by atomic mass is 28.4. The number of hydrogen-bond donors (Lipinski definition) is 0. The standard InChI is InChI=1S/C36H52O6Si/c1-36(2,3)43(4,5)42-24-18-11-7-6-8-15-21-28-29(31-25-30(28)33(38)35(40)34(31)39)22-16-9-10-17-23-32(37)41-26-27-19-13-12-14-20-27/h9,12-16,19-21,28-31H,6-8,10-11,17-18,22-26H2,1-5H3/t28-,29-,30-,31-/m1/s1. The number of esters is 1. The van der Waals surface area contributed by atoms with Gasteiger partial charge in [0.2, 0.25) is 11.6 Å². The summed E-state index contributed by atoms with van der Waals surface area (Å²) in [6, 6.07) is 9.62. The number of fused-ring (bicyclic) bond motifs is 2. The lowest BCUT2D eigenvalue weighted by molar-refractivity contribution is -0.149. The molecule has 7 heteroatoms. The van der Waals surface area contributed by atoms with Crippen molar-refractivity contribution in [2.75, 3.05) is 6.61 Å². The van der Waals surface area contributed by atoms with Crippen LogP contribution in [0, 0.1) is 23.7 Å². The third-order valence-electron chi connectivity index (χ3n) is 9.57. The zero-order chi connectivity index (χ0) is 31.5. The first-order valence-electron chi connectivity index (χ1n) is 16.2. The maximum Gasteiger partial charge on any atom is 0.306 e. The summed E-state index contributed by atoms with van der Waals surface area (Å²) in [5, 5.41) is 0.235. The smallest absolute Gasteiger partial charge is 0.306 e. The Morgan fingerprint density at radius 1 is 0.884 bits per heavy atom. The molecular formula is C36H52O6Si. The number of unbranched alkanes of at least 4 members (excludes halogenated alkanes) is 5. The van der Waals surface area contributed by atoms with E-state index < -0.39 is 25.7 Å². The van der Waals surface area contributed by atoms with Gasteiger partial charge < -0.3 is 9.16 Å². The van der Waals surface area contributed by atoms with E-state index in [0.29, 0.717) is 25.7 Å². The van der Waals surface area contributed by atoms with E-state index in [1.165, 1.54) is 0 Å². The molecule has 0 heterocycles. The molecular weight excluding hydrogens is 556 g/mol. The molecule has 3 rings (SSSR count). The average molecular weight is 609 g/mol. The van der Waals surface area contributed by atoms with Crippen LogP contribution in [0.1, 0.15) is 90.5 Å². The van der Waals surface area contributed by atoms with Gasteiger partial charge in [0.15, 0.2) is 8.32 Å². The molecule has 0 aliphatic heterocycles. The fourth-order valence-corrected chi connectivity index (χ4v) is 6.96. The van der Waals surface area contributed by atoms with Crippen molar-refractivity contribution in [3.05, 3.63) is 60.2 Å². The van der Waals surface area contributed by atoms with Gasteiger partial charge in [0.05, 0.1) is 0 Å². The fraction of sp³-hybridized carbons (Fsp3) is 0.611. The van der Waals surface area contributed by atoms with Crippen molar-refractivity contribution in [3.63, 3.8) is 0 Å². The molecule has 4 atom stereocenters. The molecule has 2 aliphatic carbocycles. The summed E-state index contributed by atoms with van der Waals surface area (Å²) in [5.74, 6) is -2.89. The Balaban J connectivity index is 1.40. The Bertz CT molecular complexity index is 1150. The average Bonchev–Trinajstić information content (AvgIpc) is 3.30. The predicted molar refractivity (Wildman–Crippen MR) is 173 cm³/mol. The molecule has 1 aromatic rings. The Labute approximate surface area is 259 Å². The van der Waals surface area contributed by atoms with E-state index in [1.807, 2.05) is 36.4 Å². The highest BCUT2D eigenvalue weighted by Gasteiger charge is 2.55. The van der Waals surface area contributed by atoms with Gasteiger partial charge in [0.25, 0.3) is 5.78 Å². The molecule has 1 aromatic carbocycles. The third kappa shape index (κ3) is 10.2. The van der Waals surface area contributed by atoms with Crippen molar-refractivity contribution in [2.45, 2.75) is 110 Å². The van der Waals surface area contributed by atoms with Crippen LogP contribution in [0.5, 0.6) is 0 Å². The molecule has 2 saturated carbocycles. The molecule has 2 fully saturated rings. The van der Waals surface area contributed by atoms with E-state index in [0.717, 1.165) is 50.7 Å². The number of rotatable bonds is 17. The summed E-state index contributed by atoms with van der Waals surface area (Å²) in [6.45, 7) is 12.5. The monoisotopic (exact) mass is 608 g/mol. The van der Waals surface area contributed by atoms with Crippen LogP contribution in [0.15, 0.2) is 54.6 Å². The number of carbonyl (C=O) groups excluding carboxylic acids is 4. The van der Waals surface area contributed by atoms with Crippen molar-refractivity contribution in [1.82, 2.24) is 0 Å². The van der Waals surface area contributed by atoms with Crippen LogP contribution in [-0.2, 0) is 34.9 Å². The van der Waals surface area contributed by atoms with Crippen molar-refractivity contribution < 1.29 is 28.3 Å². The van der Waals surface area contributed by atoms with Gasteiger partial charge in [-0.25, -0.2) is 0 Å². The lowest BCUT2D eigenvalue weighted by Gasteiger charge is -2.36. The van der Waals surface area contributed by atoms with Crippen molar-refractivity contribution >= 4 is 31.6 Å². The van der Waals surface area contributed by atoms with Gasteiger partial charge in [0, 0.05) is 24.9 Å². The topological polar surface area (TPSA) is 86.7 Å². The molecule has 236 valence electrons. The number of carbonyl (C=O) groups is 4. The molecule has 0 radical (unpaired) electrons. The number of allylic oxidation sites excluding steroid dienone is 4. The second-order valence-electron chi connectivity index (χ2n) is 13.7. The van der Waals surface area contributed by atoms with Gasteiger partial charge in [-0.1, -0.05) is 88.2 Å². The van der Waals surface area contributed by atoms with E-state index in [-0.39, 0.29) is 41.3 Å². The molecule has 2 aliphatic rings. The molecule has 0 N–H and O–H groups in total. The fourth-order valence-electron chi connectivity index (χ4n) is 5.87. The third-order valence-corrected chi connectivity index (χ3v) is 14.1. The maximum absolute atomic E-state index is 12.7. The number of ketones is 3. The van der Waals surface area contributed by atoms with E-state index in [1.54, 1.807) is 0 Å². The van der Waals surface area contributed by atoms with Crippen LogP contribution in [0.2, 0.25) is 18.1 Å². The summed E-state index contributed by atoms with van der Waals surface area (Å²) >= 11 is 0. The second-order valence-corrected chi connectivity index (χ2v) is 18.5. The molecule has 0 amide bonds. The van der Waals surface area contributed by atoms with Crippen LogP contribution in [-0.4, -0.2) is 38.2 Å². The van der Waals surface area contributed by atoms with E-state index >= 15 is 0 Å². The molecule has 0 unspecified atom stereocenters. The summed E-state index contributed by atoms with van der Waals surface area (Å²) in [6.07, 6.45) is 16.6. The quantitative estimate of drug-likeness (QED) is 0.0586. The lowest BCUT2D eigenvalue weighted by atomic mass is 9.83. The van der Waals surface area contributed by atoms with Crippen LogP contribution >= 0.6 is 0 Å². The molecule has 0 saturated heterocycles. The van der Waals surface area contributed by atoms with Crippen LogP contribution in [0.25, 0.3) is 0 Å². The van der Waals surface area contributed by atoms with E-state index in [2.05, 4.69) is 52.1 Å². The minimum atomic E-state index is -1.68. The normalized spacial score (nSPS) is 22.7. The van der Waals surface area contributed by atoms with Gasteiger partial charge in [-0.2, -0.15) is 0 Å². The summed E-state index contributed by atoms with van der Waals surface area (Å²) < 4.78 is 11.6. The van der Waals surface area contributed by atoms with E-state index in [9.17, 15) is 19.2 Å².